The number of carbonyl (C=O) groups is 1. The number of pyridine rings is 2. The number of nitrogen functional groups attached to an aromatic ring is 1. The van der Waals surface area contributed by atoms with Crippen molar-refractivity contribution >= 4 is 22.9 Å². The van der Waals surface area contributed by atoms with Gasteiger partial charge in [-0.2, -0.15) is 0 Å². The summed E-state index contributed by atoms with van der Waals surface area (Å²) in [4.78, 5) is 26.8. The van der Waals surface area contributed by atoms with Crippen LogP contribution < -0.4 is 11.1 Å². The molecule has 0 aliphatic heterocycles. The zero-order valence-electron chi connectivity index (χ0n) is 20.7. The number of aromatic nitrogens is 5. The number of fused-ring (bicyclic) bond motifs is 1. The summed E-state index contributed by atoms with van der Waals surface area (Å²) in [5, 5.41) is 3.04. The van der Waals surface area contributed by atoms with Crippen LogP contribution in [0.4, 0.5) is 5.82 Å². The Morgan fingerprint density at radius 1 is 0.947 bits per heavy atom. The van der Waals surface area contributed by atoms with Crippen LogP contribution in [0.3, 0.4) is 0 Å². The number of benzene rings is 2. The Kier molecular flexibility index (Phi) is 5.89. The van der Waals surface area contributed by atoms with Crippen LogP contribution in [0.1, 0.15) is 21.5 Å². The second-order valence-electron chi connectivity index (χ2n) is 9.02. The topological polar surface area (TPSA) is 104 Å². The molecule has 0 aliphatic rings. The molecule has 186 valence electrons. The predicted octanol–water partition coefficient (Wildman–Crippen LogP) is 5.09. The molecule has 3 N–H and O–H groups in total. The van der Waals surface area contributed by atoms with E-state index in [1.165, 1.54) is 0 Å². The number of hydrogen-bond acceptors (Lipinski definition) is 5. The van der Waals surface area contributed by atoms with E-state index in [-0.39, 0.29) is 5.91 Å². The first kappa shape index (κ1) is 23.2. The Balaban J connectivity index is 1.29. The molecule has 0 saturated carbocycles. The van der Waals surface area contributed by atoms with Crippen molar-refractivity contribution in [2.24, 2.45) is 0 Å². The Morgan fingerprint density at radius 2 is 1.74 bits per heavy atom. The molecule has 0 unspecified atom stereocenters. The molecule has 0 fully saturated rings. The van der Waals surface area contributed by atoms with Gasteiger partial charge in [0.05, 0.1) is 16.8 Å². The zero-order valence-corrected chi connectivity index (χ0v) is 20.7. The number of rotatable bonds is 6. The number of imidazole rings is 1. The number of hydrogen-bond donors (Lipinski definition) is 2. The van der Waals surface area contributed by atoms with E-state index >= 15 is 0 Å². The maximum Gasteiger partial charge on any atom is 0.253 e. The summed E-state index contributed by atoms with van der Waals surface area (Å²) in [6.07, 6.45) is 7.34. The molecule has 38 heavy (non-hydrogen) atoms. The first-order chi connectivity index (χ1) is 18.6. The van der Waals surface area contributed by atoms with E-state index in [0.717, 1.165) is 39.2 Å². The van der Waals surface area contributed by atoms with Crippen LogP contribution in [0.15, 0.2) is 104 Å². The van der Waals surface area contributed by atoms with Gasteiger partial charge in [0.2, 0.25) is 0 Å². The molecular formula is C30H25N7O. The summed E-state index contributed by atoms with van der Waals surface area (Å²) in [5.74, 6) is 0.944. The number of carbonyl (C=O) groups excluding carboxylic acids is 1. The molecule has 2 aromatic carbocycles. The van der Waals surface area contributed by atoms with Gasteiger partial charge in [0.25, 0.3) is 5.91 Å². The minimum atomic E-state index is -0.132. The Labute approximate surface area is 219 Å². The van der Waals surface area contributed by atoms with E-state index in [1.807, 2.05) is 114 Å². The number of nitrogens with two attached hydrogens (primary N) is 1. The van der Waals surface area contributed by atoms with E-state index in [0.29, 0.717) is 23.8 Å². The molecule has 4 aromatic heterocycles. The maximum absolute atomic E-state index is 13.0. The second kappa shape index (κ2) is 9.67. The van der Waals surface area contributed by atoms with E-state index in [9.17, 15) is 4.79 Å². The monoisotopic (exact) mass is 499 g/mol. The largest absolute Gasteiger partial charge is 0.383 e. The van der Waals surface area contributed by atoms with Crippen LogP contribution in [-0.4, -0.2) is 30.0 Å². The number of amides is 1. The minimum Gasteiger partial charge on any atom is -0.383 e. The molecule has 0 saturated heterocycles. The zero-order chi connectivity index (χ0) is 26.1. The fraction of sp³-hybridized carbons (Fsp3) is 0.0667. The molecule has 0 bridgehead atoms. The fourth-order valence-electron chi connectivity index (χ4n) is 4.52. The van der Waals surface area contributed by atoms with Gasteiger partial charge in [0, 0.05) is 37.0 Å². The van der Waals surface area contributed by atoms with E-state index < -0.39 is 0 Å². The standard InChI is InChI=1S/C30H25N7O/c1-20-17-25-29(33-18-20)37(28(35-25)24-8-6-14-32-27(24)31)22-12-10-21(11-13-22)19-34-30(38)23-7-2-3-9-26(23)36-15-4-5-16-36/h2-18H,19H2,1H3,(H2,31,32)(H,34,38). The summed E-state index contributed by atoms with van der Waals surface area (Å²) in [7, 11) is 0. The first-order valence-electron chi connectivity index (χ1n) is 12.2. The van der Waals surface area contributed by atoms with Gasteiger partial charge in [-0.1, -0.05) is 24.3 Å². The van der Waals surface area contributed by atoms with Crippen molar-refractivity contribution in [1.29, 1.82) is 0 Å². The molecule has 0 aliphatic carbocycles. The van der Waals surface area contributed by atoms with E-state index in [4.69, 9.17) is 10.7 Å². The van der Waals surface area contributed by atoms with Gasteiger partial charge < -0.3 is 15.6 Å². The van der Waals surface area contributed by atoms with Gasteiger partial charge in [-0.3, -0.25) is 9.36 Å². The van der Waals surface area contributed by atoms with Gasteiger partial charge >= 0.3 is 0 Å². The van der Waals surface area contributed by atoms with Crippen molar-refractivity contribution in [2.45, 2.75) is 13.5 Å². The van der Waals surface area contributed by atoms with Crippen molar-refractivity contribution in [3.8, 4) is 22.8 Å². The number of para-hydroxylation sites is 1. The number of nitrogens with one attached hydrogen (secondary N) is 1. The summed E-state index contributed by atoms with van der Waals surface area (Å²) < 4.78 is 3.92. The van der Waals surface area contributed by atoms with E-state index in [1.54, 1.807) is 6.20 Å². The van der Waals surface area contributed by atoms with Gasteiger partial charge in [-0.15, -0.1) is 0 Å². The lowest BCUT2D eigenvalue weighted by Crippen LogP contribution is -2.24. The third kappa shape index (κ3) is 4.28. The van der Waals surface area contributed by atoms with Crippen molar-refractivity contribution in [2.75, 3.05) is 5.73 Å². The summed E-state index contributed by atoms with van der Waals surface area (Å²) in [6.45, 7) is 2.38. The first-order valence-corrected chi connectivity index (χ1v) is 12.2. The van der Waals surface area contributed by atoms with Crippen LogP contribution in [-0.2, 0) is 6.54 Å². The predicted molar refractivity (Wildman–Crippen MR) is 148 cm³/mol. The van der Waals surface area contributed by atoms with Gasteiger partial charge in [0.15, 0.2) is 11.5 Å². The third-order valence-corrected chi connectivity index (χ3v) is 6.39. The molecule has 0 radical (unpaired) electrons. The molecule has 6 aromatic rings. The average molecular weight is 500 g/mol. The highest BCUT2D eigenvalue weighted by Gasteiger charge is 2.18. The Hall–Kier alpha value is -5.24. The van der Waals surface area contributed by atoms with Gasteiger partial charge in [0.1, 0.15) is 11.3 Å². The highest BCUT2D eigenvalue weighted by molar-refractivity contribution is 5.97. The summed E-state index contributed by atoms with van der Waals surface area (Å²) in [6, 6.07) is 25.1. The Bertz CT molecular complexity index is 1750. The van der Waals surface area contributed by atoms with Gasteiger partial charge in [-0.05, 0) is 72.6 Å². The van der Waals surface area contributed by atoms with Crippen LogP contribution in [0, 0.1) is 6.92 Å². The molecule has 8 nitrogen and oxygen atoms in total. The lowest BCUT2D eigenvalue weighted by Gasteiger charge is -2.12. The molecule has 6 rings (SSSR count). The maximum atomic E-state index is 13.0. The Morgan fingerprint density at radius 3 is 2.53 bits per heavy atom. The molecule has 4 heterocycles. The van der Waals surface area contributed by atoms with Crippen LogP contribution in [0.2, 0.25) is 0 Å². The van der Waals surface area contributed by atoms with Crippen LogP contribution in [0.5, 0.6) is 0 Å². The van der Waals surface area contributed by atoms with Gasteiger partial charge in [-0.25, -0.2) is 15.0 Å². The van der Waals surface area contributed by atoms with Crippen LogP contribution in [0.25, 0.3) is 33.9 Å². The molecule has 1 amide bonds. The number of aryl methyl sites for hydroxylation is 1. The smallest absolute Gasteiger partial charge is 0.253 e. The molecule has 0 spiro atoms. The number of anilines is 1. The van der Waals surface area contributed by atoms with E-state index in [2.05, 4.69) is 15.3 Å². The summed E-state index contributed by atoms with van der Waals surface area (Å²) in [5.41, 5.74) is 12.8. The lowest BCUT2D eigenvalue weighted by molar-refractivity contribution is 0.0951. The fourth-order valence-corrected chi connectivity index (χ4v) is 4.52. The average Bonchev–Trinajstić information content (AvgIpc) is 3.61. The molecule has 8 heteroatoms. The molecule has 0 atom stereocenters. The van der Waals surface area contributed by atoms with Crippen molar-refractivity contribution in [3.63, 3.8) is 0 Å². The third-order valence-electron chi connectivity index (χ3n) is 6.39. The van der Waals surface area contributed by atoms with Crippen molar-refractivity contribution < 1.29 is 4.79 Å². The highest BCUT2D eigenvalue weighted by Crippen LogP contribution is 2.30. The SMILES string of the molecule is Cc1cnc2c(c1)nc(-c1cccnc1N)n2-c1ccc(CNC(=O)c2ccccc2-n2cccc2)cc1. The summed E-state index contributed by atoms with van der Waals surface area (Å²) >= 11 is 0. The number of nitrogens with zero attached hydrogens (tertiary/aromatic N) is 5. The highest BCUT2D eigenvalue weighted by atomic mass is 16.1. The van der Waals surface area contributed by atoms with Crippen molar-refractivity contribution in [3.05, 3.63) is 120 Å². The quantitative estimate of drug-likeness (QED) is 0.332. The van der Waals surface area contributed by atoms with Crippen molar-refractivity contribution in [1.82, 2.24) is 29.4 Å². The molecular weight excluding hydrogens is 474 g/mol. The normalized spacial score (nSPS) is 11.1. The second-order valence-corrected chi connectivity index (χ2v) is 9.02. The minimum absolute atomic E-state index is 0.132. The van der Waals surface area contributed by atoms with Crippen LogP contribution >= 0.6 is 0 Å². The lowest BCUT2D eigenvalue weighted by atomic mass is 10.1.